The molecule has 1 aromatic carbocycles. The summed E-state index contributed by atoms with van der Waals surface area (Å²) in [5.74, 6) is 0.950. The Kier molecular flexibility index (Phi) is 7.92. The van der Waals surface area contributed by atoms with E-state index in [2.05, 4.69) is 42.3 Å². The van der Waals surface area contributed by atoms with Gasteiger partial charge in [-0.1, -0.05) is 6.07 Å². The van der Waals surface area contributed by atoms with Crippen LogP contribution in [0.2, 0.25) is 0 Å². The second-order valence-corrected chi connectivity index (χ2v) is 8.38. The molecular formula is C23H34N3OS+. The molecule has 0 saturated carbocycles. The third kappa shape index (κ3) is 6.35. The van der Waals surface area contributed by atoms with Crippen molar-refractivity contribution in [2.75, 3.05) is 31.5 Å². The van der Waals surface area contributed by atoms with Gasteiger partial charge in [0.2, 0.25) is 0 Å². The summed E-state index contributed by atoms with van der Waals surface area (Å²) >= 11 is 5.76. The average molecular weight is 401 g/mol. The first-order valence-electron chi connectivity index (χ1n) is 10.6. The van der Waals surface area contributed by atoms with Crippen molar-refractivity contribution in [3.8, 4) is 0 Å². The maximum absolute atomic E-state index is 5.76. The molecule has 2 heterocycles. The van der Waals surface area contributed by atoms with Crippen molar-refractivity contribution in [1.29, 1.82) is 0 Å². The Bertz CT molecular complexity index is 736. The number of nitrogens with one attached hydrogen (secondary N) is 2. The van der Waals surface area contributed by atoms with Gasteiger partial charge in [0.25, 0.3) is 0 Å². The number of hydrogen-bond acceptors (Lipinski definition) is 2. The molecule has 0 spiro atoms. The lowest BCUT2D eigenvalue weighted by atomic mass is 10.1. The fourth-order valence-corrected chi connectivity index (χ4v) is 4.14. The molecule has 0 unspecified atom stereocenters. The molecule has 0 aliphatic carbocycles. The molecule has 0 bridgehead atoms. The highest BCUT2D eigenvalue weighted by atomic mass is 32.1. The number of hydrogen-bond donors (Lipinski definition) is 2. The third-order valence-corrected chi connectivity index (χ3v) is 6.10. The quantitative estimate of drug-likeness (QED) is 0.690. The van der Waals surface area contributed by atoms with Gasteiger partial charge in [0.15, 0.2) is 5.11 Å². The van der Waals surface area contributed by atoms with E-state index in [1.165, 1.54) is 56.4 Å². The van der Waals surface area contributed by atoms with E-state index in [-0.39, 0.29) is 0 Å². The molecule has 3 rings (SSSR count). The lowest BCUT2D eigenvalue weighted by Gasteiger charge is -2.26. The molecule has 2 N–H and O–H groups in total. The van der Waals surface area contributed by atoms with Gasteiger partial charge in [-0.3, -0.25) is 0 Å². The predicted molar refractivity (Wildman–Crippen MR) is 120 cm³/mol. The van der Waals surface area contributed by atoms with Crippen LogP contribution in [0.4, 0.5) is 5.69 Å². The van der Waals surface area contributed by atoms with Crippen LogP contribution in [0.3, 0.4) is 0 Å². The number of quaternary nitrogens is 1. The Balaban J connectivity index is 1.58. The molecule has 5 heteroatoms. The number of rotatable bonds is 7. The van der Waals surface area contributed by atoms with Crippen LogP contribution < -0.4 is 10.2 Å². The molecule has 0 atom stereocenters. The minimum Gasteiger partial charge on any atom is -0.467 e. The van der Waals surface area contributed by atoms with E-state index in [0.29, 0.717) is 6.54 Å². The van der Waals surface area contributed by atoms with Gasteiger partial charge in [-0.25, -0.2) is 0 Å². The van der Waals surface area contributed by atoms with Crippen molar-refractivity contribution in [3.05, 3.63) is 53.5 Å². The fourth-order valence-electron chi connectivity index (χ4n) is 3.86. The lowest BCUT2D eigenvalue weighted by Crippen LogP contribution is -3.11. The largest absolute Gasteiger partial charge is 0.467 e. The first-order valence-corrected chi connectivity index (χ1v) is 11.0. The van der Waals surface area contributed by atoms with E-state index in [4.69, 9.17) is 16.6 Å². The monoisotopic (exact) mass is 400 g/mol. The third-order valence-electron chi connectivity index (χ3n) is 5.74. The van der Waals surface area contributed by atoms with E-state index in [9.17, 15) is 0 Å². The summed E-state index contributed by atoms with van der Waals surface area (Å²) < 4.78 is 5.58. The summed E-state index contributed by atoms with van der Waals surface area (Å²) in [6, 6.07) is 10.4. The van der Waals surface area contributed by atoms with Crippen LogP contribution in [0.5, 0.6) is 0 Å². The van der Waals surface area contributed by atoms with E-state index in [1.807, 2.05) is 12.1 Å². The zero-order valence-corrected chi connectivity index (χ0v) is 18.1. The van der Waals surface area contributed by atoms with Gasteiger partial charge in [-0.15, -0.1) is 0 Å². The van der Waals surface area contributed by atoms with Crippen molar-refractivity contribution in [3.63, 3.8) is 0 Å². The van der Waals surface area contributed by atoms with Gasteiger partial charge in [-0.05, 0) is 87.1 Å². The fraction of sp³-hybridized carbons (Fsp3) is 0.522. The van der Waals surface area contributed by atoms with E-state index in [0.717, 1.165) is 29.5 Å². The maximum Gasteiger partial charge on any atom is 0.173 e. The number of likely N-dealkylation sites (tertiary alicyclic amines) is 1. The highest BCUT2D eigenvalue weighted by Gasteiger charge is 2.16. The van der Waals surface area contributed by atoms with Crippen LogP contribution in [-0.4, -0.2) is 36.2 Å². The number of nitrogens with zero attached hydrogens (tertiary/aromatic N) is 1. The molecule has 1 aliphatic heterocycles. The molecule has 0 radical (unpaired) electrons. The van der Waals surface area contributed by atoms with Gasteiger partial charge in [-0.2, -0.15) is 0 Å². The summed E-state index contributed by atoms with van der Waals surface area (Å²) in [4.78, 5) is 3.99. The number of benzene rings is 1. The molecule has 1 aliphatic rings. The van der Waals surface area contributed by atoms with Crippen LogP contribution in [-0.2, 0) is 6.54 Å². The Morgan fingerprint density at radius 2 is 1.89 bits per heavy atom. The van der Waals surface area contributed by atoms with Crippen LogP contribution >= 0.6 is 12.2 Å². The maximum atomic E-state index is 5.76. The Hall–Kier alpha value is -1.85. The molecule has 152 valence electrons. The first kappa shape index (κ1) is 20.9. The average Bonchev–Trinajstić information content (AvgIpc) is 3.05. The molecule has 1 fully saturated rings. The van der Waals surface area contributed by atoms with Crippen LogP contribution in [0.15, 0.2) is 41.0 Å². The number of thiocarbonyl (C=S) groups is 1. The summed E-state index contributed by atoms with van der Waals surface area (Å²) in [5, 5.41) is 4.20. The van der Waals surface area contributed by atoms with E-state index >= 15 is 0 Å². The highest BCUT2D eigenvalue weighted by molar-refractivity contribution is 7.80. The Labute approximate surface area is 174 Å². The zero-order valence-electron chi connectivity index (χ0n) is 17.3. The molecule has 28 heavy (non-hydrogen) atoms. The standard InChI is InChI=1S/C23H33N3OS/c1-19-10-11-21(17-20(19)2)24-23(28)26(18-22-9-7-16-27-22)15-8-14-25-12-5-3-4-6-13-25/h7,9-11,16-17H,3-6,8,12-15,18H2,1-2H3,(H,24,28)/p+1. The van der Waals surface area contributed by atoms with Crippen LogP contribution in [0.25, 0.3) is 0 Å². The minimum atomic E-state index is 0.707. The normalized spacial score (nSPS) is 15.2. The second-order valence-electron chi connectivity index (χ2n) is 8.00. The molecular weight excluding hydrogens is 366 g/mol. The Morgan fingerprint density at radius 3 is 2.57 bits per heavy atom. The van der Waals surface area contributed by atoms with Gasteiger partial charge in [0, 0.05) is 18.7 Å². The second kappa shape index (κ2) is 10.6. The summed E-state index contributed by atoms with van der Waals surface area (Å²) in [5.41, 5.74) is 3.62. The number of furan rings is 1. The minimum absolute atomic E-state index is 0.707. The number of anilines is 1. The Morgan fingerprint density at radius 1 is 1.11 bits per heavy atom. The van der Waals surface area contributed by atoms with Gasteiger partial charge >= 0.3 is 0 Å². The van der Waals surface area contributed by atoms with Crippen molar-refractivity contribution >= 4 is 23.0 Å². The van der Waals surface area contributed by atoms with Crippen molar-refractivity contribution in [2.24, 2.45) is 0 Å². The van der Waals surface area contributed by atoms with E-state index < -0.39 is 0 Å². The van der Waals surface area contributed by atoms with E-state index in [1.54, 1.807) is 11.2 Å². The van der Waals surface area contributed by atoms with Crippen molar-refractivity contribution < 1.29 is 9.32 Å². The topological polar surface area (TPSA) is 32.9 Å². The van der Waals surface area contributed by atoms with Gasteiger partial charge < -0.3 is 19.5 Å². The molecule has 4 nitrogen and oxygen atoms in total. The highest BCUT2D eigenvalue weighted by Crippen LogP contribution is 2.16. The smallest absolute Gasteiger partial charge is 0.173 e. The molecule has 2 aromatic rings. The van der Waals surface area contributed by atoms with Crippen LogP contribution in [0.1, 0.15) is 49.0 Å². The zero-order chi connectivity index (χ0) is 19.8. The van der Waals surface area contributed by atoms with Crippen molar-refractivity contribution in [2.45, 2.75) is 52.5 Å². The van der Waals surface area contributed by atoms with Crippen molar-refractivity contribution in [1.82, 2.24) is 4.90 Å². The molecule has 1 aromatic heterocycles. The number of aryl methyl sites for hydroxylation is 2. The van der Waals surface area contributed by atoms with Gasteiger partial charge in [0.05, 0.1) is 32.4 Å². The molecule has 0 amide bonds. The molecule has 1 saturated heterocycles. The summed E-state index contributed by atoms with van der Waals surface area (Å²) in [6.45, 7) is 9.79. The SMILES string of the molecule is Cc1ccc(NC(=S)N(CCC[NH+]2CCCCCC2)Cc2ccco2)cc1C. The summed E-state index contributed by atoms with van der Waals surface area (Å²) in [7, 11) is 0. The summed E-state index contributed by atoms with van der Waals surface area (Å²) in [6.07, 6.45) is 8.42. The van der Waals surface area contributed by atoms with Gasteiger partial charge in [0.1, 0.15) is 5.76 Å². The first-order chi connectivity index (χ1) is 13.6. The predicted octanol–water partition coefficient (Wildman–Crippen LogP) is 3.94. The lowest BCUT2D eigenvalue weighted by molar-refractivity contribution is -0.899. The van der Waals surface area contributed by atoms with Crippen LogP contribution in [0, 0.1) is 13.8 Å².